The van der Waals surface area contributed by atoms with Crippen molar-refractivity contribution in [2.45, 2.75) is 89.9 Å². The van der Waals surface area contributed by atoms with E-state index in [1.165, 1.54) is 0 Å². The molecule has 554 valence electrons. The van der Waals surface area contributed by atoms with Gasteiger partial charge in [-0.25, -0.2) is 19.2 Å². The first kappa shape index (κ1) is 77.8. The SMILES string of the molecule is CC1(COC(=O)OCc2ccc(B3OCCCO3)cc2)COC(/C=C/c2ccccc2)OC1.CC1(NC(=O)OCc2ccc(B3OCCCO3)cc2)COC(/C=C/c2ccccc2)OC1.CC1(OC(=O)OCc2ccc(B3OCCCO3)cc2)COC(/C=C/c2ccccc2OC(=O)c2ccccc2)OC1. The van der Waals surface area contributed by atoms with Crippen LogP contribution in [0.5, 0.6) is 5.75 Å². The average Bonchev–Trinajstić information content (AvgIpc) is 1.01. The molecule has 6 saturated heterocycles. The molecule has 0 unspecified atom stereocenters. The fraction of sp³-hybridized carbons (Fsp3) is 0.350. The van der Waals surface area contributed by atoms with Gasteiger partial charge >= 0.3 is 45.7 Å². The number of ether oxygens (including phenoxy) is 12. The molecule has 0 aliphatic carbocycles. The highest BCUT2D eigenvalue weighted by atomic mass is 16.8. The van der Waals surface area contributed by atoms with Crippen LogP contribution >= 0.6 is 0 Å². The van der Waals surface area contributed by atoms with E-state index in [2.05, 4.69) is 5.32 Å². The Morgan fingerprint density at radius 1 is 0.425 bits per heavy atom. The maximum Gasteiger partial charge on any atom is 0.509 e. The standard InChI is InChI=1S/C31H31BO9.C25H29BO7.C24H28BNO6/c1-31(41-30(34)35-20-23-12-15-26(16-13-23)32-38-18-7-19-39-32)21-36-28(37-22-31)17-14-24-8-5-6-11-27(24)40-29(33)25-9-3-2-4-10-25;1-25(17-29-23(30-18-25)13-10-20-6-3-2-4-7-20)19-31-24(27)28-16-21-8-11-22(12-9-21)26-32-14-5-15-33-26;1-24(17-29-22(30-18-24)13-10-19-6-3-2-4-7-19)26-23(27)28-16-20-8-11-21(12-9-20)25-31-14-5-15-32-25/h2-6,8-17,28H,7,18-22H2,1H3;2-4,6-13,23H,5,14-19H2,1H3;2-4,6-13,22H,5,14-18H2,1H3,(H,26,27)/b17-14+;2*13-10+. The lowest BCUT2D eigenvalue weighted by molar-refractivity contribution is -0.231. The van der Waals surface area contributed by atoms with E-state index < -0.39 is 59.8 Å². The first-order chi connectivity index (χ1) is 51.7. The molecule has 106 heavy (non-hydrogen) atoms. The van der Waals surface area contributed by atoms with Crippen molar-refractivity contribution in [3.05, 3.63) is 245 Å². The third-order valence-electron chi connectivity index (χ3n) is 17.1. The number of nitrogens with one attached hydrogen (secondary N) is 1. The molecule has 7 aromatic carbocycles. The van der Waals surface area contributed by atoms with E-state index in [1.54, 1.807) is 55.5 Å². The van der Waals surface area contributed by atoms with Gasteiger partial charge in [0.1, 0.15) is 32.2 Å². The normalized spacial score (nSPS) is 22.6. The van der Waals surface area contributed by atoms with Crippen LogP contribution in [0.1, 0.15) is 83.8 Å². The maximum absolute atomic E-state index is 12.5. The molecule has 0 radical (unpaired) electrons. The molecule has 1 N–H and O–H groups in total. The summed E-state index contributed by atoms with van der Waals surface area (Å²) in [5, 5.41) is 2.85. The first-order valence-electron chi connectivity index (χ1n) is 35.4. The maximum atomic E-state index is 12.5. The first-order valence-corrected chi connectivity index (χ1v) is 35.4. The fourth-order valence-electron chi connectivity index (χ4n) is 11.1. The van der Waals surface area contributed by atoms with Crippen LogP contribution in [0, 0.1) is 5.41 Å². The summed E-state index contributed by atoms with van der Waals surface area (Å²) in [5.74, 6) is -0.0355. The molecule has 6 aliphatic rings. The Kier molecular flexibility index (Phi) is 29.3. The van der Waals surface area contributed by atoms with Crippen molar-refractivity contribution >= 4 is 80.3 Å². The van der Waals surface area contributed by atoms with Gasteiger partial charge in [0.15, 0.2) is 24.5 Å². The van der Waals surface area contributed by atoms with E-state index in [0.717, 1.165) is 63.5 Å². The van der Waals surface area contributed by atoms with Gasteiger partial charge in [0, 0.05) is 50.6 Å². The molecule has 6 fully saturated rings. The number of carbonyl (C=O) groups is 4. The smallest absolute Gasteiger partial charge is 0.445 e. The van der Waals surface area contributed by atoms with Gasteiger partial charge in [-0.2, -0.15) is 0 Å². The quantitative estimate of drug-likeness (QED) is 0.0304. The van der Waals surface area contributed by atoms with Gasteiger partial charge in [-0.3, -0.25) is 0 Å². The summed E-state index contributed by atoms with van der Waals surface area (Å²) in [6.45, 7) is 11.9. The van der Waals surface area contributed by atoms with Gasteiger partial charge in [0.2, 0.25) is 0 Å². The summed E-state index contributed by atoms with van der Waals surface area (Å²) in [4.78, 5) is 49.2. The fourth-order valence-corrected chi connectivity index (χ4v) is 11.1. The molecular weight excluding hydrogens is 1360 g/mol. The minimum atomic E-state index is -1.01. The Labute approximate surface area is 618 Å². The molecule has 6 aliphatic heterocycles. The van der Waals surface area contributed by atoms with E-state index in [9.17, 15) is 19.2 Å². The number of esters is 1. The topological polar surface area (TPSA) is 246 Å². The van der Waals surface area contributed by atoms with Crippen LogP contribution in [0.25, 0.3) is 18.2 Å². The van der Waals surface area contributed by atoms with Gasteiger partial charge in [-0.1, -0.05) is 195 Å². The van der Waals surface area contributed by atoms with Crippen molar-refractivity contribution in [2.75, 3.05) is 85.9 Å². The second kappa shape index (κ2) is 39.9. The van der Waals surface area contributed by atoms with E-state index in [0.29, 0.717) is 82.9 Å². The third kappa shape index (κ3) is 25.2. The highest BCUT2D eigenvalue weighted by Crippen LogP contribution is 2.28. The number of hydrogen-bond acceptors (Lipinski definition) is 22. The lowest BCUT2D eigenvalue weighted by Gasteiger charge is -2.36. The molecule has 0 atom stereocenters. The summed E-state index contributed by atoms with van der Waals surface area (Å²) in [7, 11) is -1.01. The number of rotatable bonds is 21. The summed E-state index contributed by atoms with van der Waals surface area (Å²) in [5.41, 5.74) is 6.56. The summed E-state index contributed by atoms with van der Waals surface area (Å²) in [6.07, 6.45) is 10.2. The molecule has 26 heteroatoms. The molecule has 0 bridgehead atoms. The van der Waals surface area contributed by atoms with Gasteiger partial charge in [-0.05, 0) is 114 Å². The molecule has 6 heterocycles. The minimum absolute atomic E-state index is 0.0584. The predicted octanol–water partition coefficient (Wildman–Crippen LogP) is 11.0. The Morgan fingerprint density at radius 3 is 1.27 bits per heavy atom. The van der Waals surface area contributed by atoms with Gasteiger partial charge in [0.05, 0.1) is 50.7 Å². The molecule has 7 aromatic rings. The second-order valence-corrected chi connectivity index (χ2v) is 26.7. The van der Waals surface area contributed by atoms with Gasteiger partial charge < -0.3 is 90.1 Å². The number of para-hydroxylation sites is 1. The predicted molar refractivity (Wildman–Crippen MR) is 396 cm³/mol. The Bertz CT molecular complexity index is 3930. The Balaban J connectivity index is 0.000000160. The second-order valence-electron chi connectivity index (χ2n) is 26.7. The summed E-state index contributed by atoms with van der Waals surface area (Å²) in [6, 6.07) is 58.6. The molecule has 0 aromatic heterocycles. The van der Waals surface area contributed by atoms with E-state index in [-0.39, 0.29) is 61.0 Å². The van der Waals surface area contributed by atoms with Crippen molar-refractivity contribution in [1.82, 2.24) is 5.32 Å². The van der Waals surface area contributed by atoms with Crippen molar-refractivity contribution < 1.29 is 104 Å². The molecule has 23 nitrogen and oxygen atoms in total. The third-order valence-corrected chi connectivity index (χ3v) is 17.1. The summed E-state index contributed by atoms with van der Waals surface area (Å²) < 4.78 is 100. The Hall–Kier alpha value is -9.25. The summed E-state index contributed by atoms with van der Waals surface area (Å²) >= 11 is 0. The number of amides is 1. The lowest BCUT2D eigenvalue weighted by atomic mass is 9.78. The number of benzene rings is 7. The van der Waals surface area contributed by atoms with E-state index >= 15 is 0 Å². The van der Waals surface area contributed by atoms with Crippen LogP contribution < -0.4 is 26.4 Å². The average molecular weight is 1450 g/mol. The monoisotopic (exact) mass is 1450 g/mol. The molecule has 1 amide bonds. The number of carbonyl (C=O) groups excluding carboxylic acids is 4. The zero-order valence-electron chi connectivity index (χ0n) is 59.7. The highest BCUT2D eigenvalue weighted by molar-refractivity contribution is 6.62. The van der Waals surface area contributed by atoms with Crippen LogP contribution in [0.4, 0.5) is 14.4 Å². The van der Waals surface area contributed by atoms with Crippen molar-refractivity contribution in [3.63, 3.8) is 0 Å². The zero-order chi connectivity index (χ0) is 73.7. The van der Waals surface area contributed by atoms with Gasteiger partial charge in [0.25, 0.3) is 0 Å². The Morgan fingerprint density at radius 2 is 0.811 bits per heavy atom. The van der Waals surface area contributed by atoms with Crippen LogP contribution in [0.3, 0.4) is 0 Å². The highest BCUT2D eigenvalue weighted by Gasteiger charge is 2.38. The van der Waals surface area contributed by atoms with Crippen LogP contribution in [0.15, 0.2) is 206 Å². The largest absolute Gasteiger partial charge is 0.509 e. The van der Waals surface area contributed by atoms with Crippen molar-refractivity contribution in [1.29, 1.82) is 0 Å². The number of alkyl carbamates (subject to hydrolysis) is 1. The number of hydrogen-bond donors (Lipinski definition) is 1. The van der Waals surface area contributed by atoms with Crippen molar-refractivity contribution in [2.24, 2.45) is 5.41 Å². The van der Waals surface area contributed by atoms with Crippen LogP contribution in [0.2, 0.25) is 0 Å². The minimum Gasteiger partial charge on any atom is -0.445 e. The van der Waals surface area contributed by atoms with Crippen LogP contribution in [-0.2, 0) is 99.9 Å². The molecule has 0 saturated carbocycles. The van der Waals surface area contributed by atoms with Crippen molar-refractivity contribution in [3.8, 4) is 5.75 Å². The lowest BCUT2D eigenvalue weighted by Crippen LogP contribution is -2.56. The zero-order valence-corrected chi connectivity index (χ0v) is 59.7. The van der Waals surface area contributed by atoms with Gasteiger partial charge in [-0.15, -0.1) is 0 Å². The van der Waals surface area contributed by atoms with E-state index in [1.807, 2.05) is 190 Å². The molecular formula is C80H88B3NO22. The van der Waals surface area contributed by atoms with E-state index in [4.69, 9.17) is 84.8 Å². The van der Waals surface area contributed by atoms with Crippen LogP contribution in [-0.4, -0.2) is 162 Å². The molecule has 0 spiro atoms. The molecule has 13 rings (SSSR count).